The smallest absolute Gasteiger partial charge is 0.394 e. The Balaban J connectivity index is 2.77. The third-order valence-corrected chi connectivity index (χ3v) is 4.12. The predicted octanol–water partition coefficient (Wildman–Crippen LogP) is -3.41. The van der Waals surface area contributed by atoms with Crippen LogP contribution >= 0.6 is 0 Å². The maximum atomic E-state index is 10.6. The quantitative estimate of drug-likeness (QED) is 0.173. The molecule has 0 amide bonds. The van der Waals surface area contributed by atoms with Gasteiger partial charge >= 0.3 is 10.4 Å². The highest BCUT2D eigenvalue weighted by molar-refractivity contribution is 7.80. The van der Waals surface area contributed by atoms with Gasteiger partial charge in [0.2, 0.25) is 0 Å². The van der Waals surface area contributed by atoms with Gasteiger partial charge in [0.15, 0.2) is 5.92 Å². The van der Waals surface area contributed by atoms with E-state index in [0.717, 1.165) is 0 Å². The van der Waals surface area contributed by atoms with Crippen LogP contribution in [0.5, 0.6) is 0 Å². The van der Waals surface area contributed by atoms with E-state index in [-0.39, 0.29) is 18.8 Å². The molecule has 1 saturated carbocycles. The summed E-state index contributed by atoms with van der Waals surface area (Å²) in [6, 6.07) is 0. The van der Waals surface area contributed by atoms with Gasteiger partial charge in [0.05, 0.1) is 13.2 Å². The van der Waals surface area contributed by atoms with Crippen LogP contribution in [-0.4, -0.2) is 87.3 Å². The number of hydrogen-bond donors (Lipinski definition) is 7. The lowest BCUT2D eigenvalue weighted by molar-refractivity contribution is -0.0383. The van der Waals surface area contributed by atoms with Crippen molar-refractivity contribution in [1.29, 1.82) is 0 Å². The number of aliphatic hydroxyl groups is 6. The number of hydrogen-bond acceptors (Lipinski definition) is 9. The third kappa shape index (κ3) is 5.01. The molecule has 0 unspecified atom stereocenters. The molecule has 1 rings (SSSR count). The van der Waals surface area contributed by atoms with Crippen molar-refractivity contribution in [2.45, 2.75) is 43.4 Å². The topological polar surface area (TPSA) is 185 Å². The Kier molecular flexibility index (Phi) is 6.98. The molecule has 0 aromatic rings. The van der Waals surface area contributed by atoms with Crippen LogP contribution in [0.4, 0.5) is 0 Å². The summed E-state index contributed by atoms with van der Waals surface area (Å²) in [7, 11) is -4.89. The first kappa shape index (κ1) is 19.5. The van der Waals surface area contributed by atoms with E-state index >= 15 is 0 Å². The fourth-order valence-corrected chi connectivity index (χ4v) is 3.11. The highest BCUT2D eigenvalue weighted by Crippen LogP contribution is 2.40. The van der Waals surface area contributed by atoms with Gasteiger partial charge in [-0.25, -0.2) is 4.18 Å². The lowest BCUT2D eigenvalue weighted by Gasteiger charge is -2.22. The molecule has 130 valence electrons. The van der Waals surface area contributed by atoms with E-state index in [9.17, 15) is 28.8 Å². The zero-order valence-corrected chi connectivity index (χ0v) is 12.4. The second-order valence-corrected chi connectivity index (χ2v) is 6.26. The first-order valence-electron chi connectivity index (χ1n) is 6.55. The van der Waals surface area contributed by atoms with Gasteiger partial charge < -0.3 is 30.6 Å². The van der Waals surface area contributed by atoms with E-state index in [2.05, 4.69) is 4.18 Å². The molecule has 1 aliphatic carbocycles. The van der Waals surface area contributed by atoms with Crippen LogP contribution < -0.4 is 0 Å². The zero-order chi connectivity index (χ0) is 17.1. The van der Waals surface area contributed by atoms with Crippen LogP contribution in [0.2, 0.25) is 0 Å². The molecule has 0 spiro atoms. The maximum absolute atomic E-state index is 10.6. The summed E-state index contributed by atoms with van der Waals surface area (Å²) in [6.07, 6.45) is -7.54. The van der Waals surface area contributed by atoms with E-state index in [0.29, 0.717) is 0 Å². The molecule has 22 heavy (non-hydrogen) atoms. The number of aliphatic hydroxyl groups excluding tert-OH is 6. The Morgan fingerprint density at radius 1 is 1.18 bits per heavy atom. The third-order valence-electron chi connectivity index (χ3n) is 3.63. The van der Waals surface area contributed by atoms with E-state index in [1.807, 2.05) is 0 Å². The monoisotopic (exact) mass is 345 g/mol. The Morgan fingerprint density at radius 3 is 2.23 bits per heavy atom. The highest BCUT2D eigenvalue weighted by Gasteiger charge is 2.55. The molecule has 6 atom stereocenters. The molecule has 0 aromatic carbocycles. The minimum absolute atomic E-state index is 0.0794. The second-order valence-electron chi connectivity index (χ2n) is 5.21. The highest BCUT2D eigenvalue weighted by atomic mass is 32.3. The van der Waals surface area contributed by atoms with Gasteiger partial charge in [-0.1, -0.05) is 0 Å². The van der Waals surface area contributed by atoms with Crippen LogP contribution in [0.25, 0.3) is 0 Å². The summed E-state index contributed by atoms with van der Waals surface area (Å²) in [5.41, 5.74) is 0. The van der Waals surface area contributed by atoms with Crippen molar-refractivity contribution >= 4 is 10.4 Å². The van der Waals surface area contributed by atoms with Gasteiger partial charge in [-0.3, -0.25) is 4.55 Å². The summed E-state index contributed by atoms with van der Waals surface area (Å²) in [5, 5.41) is 56.9. The van der Waals surface area contributed by atoms with Crippen molar-refractivity contribution in [3.8, 4) is 0 Å². The van der Waals surface area contributed by atoms with Crippen LogP contribution in [-0.2, 0) is 14.6 Å². The van der Waals surface area contributed by atoms with Gasteiger partial charge in [0.25, 0.3) is 0 Å². The molecular weight excluding hydrogens is 324 g/mol. The average molecular weight is 345 g/mol. The van der Waals surface area contributed by atoms with Crippen molar-refractivity contribution in [2.24, 2.45) is 5.92 Å². The van der Waals surface area contributed by atoms with Crippen molar-refractivity contribution in [3.63, 3.8) is 0 Å². The van der Waals surface area contributed by atoms with Crippen molar-refractivity contribution in [3.05, 3.63) is 5.92 Å². The summed E-state index contributed by atoms with van der Waals surface area (Å²) in [6.45, 7) is -1.59. The molecule has 0 aliphatic heterocycles. The lowest BCUT2D eigenvalue weighted by Crippen LogP contribution is -2.40. The molecule has 0 aromatic heterocycles. The molecule has 1 aliphatic rings. The number of rotatable bonds is 8. The average Bonchev–Trinajstić information content (AvgIpc) is 2.69. The largest absolute Gasteiger partial charge is 0.397 e. The molecule has 11 heteroatoms. The standard InChI is InChI=1S/C11H20O10S/c12-3-8(16)10-5(2-7(15)11(10)17)1-6(14)9(4-13)21-22(18,19)20/h6-17H,1-4H2/p+1/t6-,7+,8-,9+,10-,11+/m1/s1. The molecule has 0 saturated heterocycles. The van der Waals surface area contributed by atoms with E-state index in [1.165, 1.54) is 0 Å². The van der Waals surface area contributed by atoms with Crippen molar-refractivity contribution < 1.29 is 47.8 Å². The molecule has 0 radical (unpaired) electrons. The van der Waals surface area contributed by atoms with Gasteiger partial charge in [0.1, 0.15) is 49.3 Å². The Bertz CT molecular complexity index is 440. The fourth-order valence-electron chi connectivity index (χ4n) is 2.61. The van der Waals surface area contributed by atoms with Gasteiger partial charge in [-0.2, -0.15) is 8.42 Å². The minimum Gasteiger partial charge on any atom is -0.394 e. The Labute approximate surface area is 127 Å². The van der Waals surface area contributed by atoms with Gasteiger partial charge in [0, 0.05) is 0 Å². The first-order chi connectivity index (χ1) is 10.1. The first-order valence-corrected chi connectivity index (χ1v) is 7.91. The minimum atomic E-state index is -4.89. The molecule has 10 nitrogen and oxygen atoms in total. The van der Waals surface area contributed by atoms with Crippen molar-refractivity contribution in [2.75, 3.05) is 13.2 Å². The molecule has 1 fully saturated rings. The molecule has 0 bridgehead atoms. The van der Waals surface area contributed by atoms with E-state index in [1.54, 1.807) is 0 Å². The van der Waals surface area contributed by atoms with Crippen LogP contribution in [0.15, 0.2) is 0 Å². The van der Waals surface area contributed by atoms with Crippen LogP contribution in [0.1, 0.15) is 12.8 Å². The predicted molar refractivity (Wildman–Crippen MR) is 70.6 cm³/mol. The summed E-state index contributed by atoms with van der Waals surface area (Å²) in [4.78, 5) is 0. The Morgan fingerprint density at radius 2 is 1.77 bits per heavy atom. The van der Waals surface area contributed by atoms with Crippen LogP contribution in [0.3, 0.4) is 0 Å². The Hall–Kier alpha value is -0.500. The van der Waals surface area contributed by atoms with Crippen LogP contribution in [0, 0.1) is 11.8 Å². The van der Waals surface area contributed by atoms with Gasteiger partial charge in [-0.15, -0.1) is 0 Å². The second kappa shape index (κ2) is 7.86. The van der Waals surface area contributed by atoms with Crippen molar-refractivity contribution in [1.82, 2.24) is 0 Å². The van der Waals surface area contributed by atoms with Gasteiger partial charge in [-0.05, 0) is 0 Å². The molecular formula is C11H21O10S+. The fraction of sp³-hybridized carbons (Fsp3) is 0.909. The van der Waals surface area contributed by atoms with E-state index < -0.39 is 60.1 Å². The maximum Gasteiger partial charge on any atom is 0.397 e. The summed E-state index contributed by atoms with van der Waals surface area (Å²) in [5.74, 6) is -0.730. The lowest BCUT2D eigenvalue weighted by atomic mass is 9.85. The SMILES string of the molecule is O=S(=O)(O)O[C@@H](CO)[C@H](O)C[C+]1C[C@H](O)[C@H](O)[C@H]1[C@H](O)CO. The zero-order valence-electron chi connectivity index (χ0n) is 11.6. The summed E-state index contributed by atoms with van der Waals surface area (Å²) >= 11 is 0. The summed E-state index contributed by atoms with van der Waals surface area (Å²) < 4.78 is 33.9. The molecule has 7 N–H and O–H groups in total. The molecule has 0 heterocycles. The van der Waals surface area contributed by atoms with E-state index in [4.69, 9.17) is 14.8 Å². The normalized spacial score (nSPS) is 30.3.